The Balaban J connectivity index is 1.74. The molecule has 2 fully saturated rings. The predicted molar refractivity (Wildman–Crippen MR) is 129 cm³/mol. The van der Waals surface area contributed by atoms with Gasteiger partial charge >= 0.3 is 5.97 Å². The maximum Gasteiger partial charge on any atom is 0.305 e. The molecule has 0 unspecified atom stereocenters. The molecule has 12 nitrogen and oxygen atoms in total. The SMILES string of the molecule is CCCCCCCCCCCCC(=O)OC[C@H]1O[C@H](O[C@H]2[C@H](O)[C@@H](O)[C@@H](O)O[C@@H]2CO)[C@H](O)[C@@H](O)[C@@H]1O. The molecule has 218 valence electrons. The van der Waals surface area contributed by atoms with E-state index in [1.54, 1.807) is 0 Å². The van der Waals surface area contributed by atoms with E-state index < -0.39 is 80.6 Å². The fourth-order valence-corrected chi connectivity index (χ4v) is 4.56. The molecule has 0 bridgehead atoms. The van der Waals surface area contributed by atoms with Gasteiger partial charge in [0, 0.05) is 6.42 Å². The highest BCUT2D eigenvalue weighted by Gasteiger charge is 2.50. The molecule has 37 heavy (non-hydrogen) atoms. The molecule has 2 aliphatic heterocycles. The van der Waals surface area contributed by atoms with Crippen LogP contribution in [0.1, 0.15) is 77.6 Å². The van der Waals surface area contributed by atoms with Gasteiger partial charge in [0.25, 0.3) is 0 Å². The van der Waals surface area contributed by atoms with E-state index >= 15 is 0 Å². The minimum Gasteiger partial charge on any atom is -0.463 e. The number of esters is 1. The molecule has 0 spiro atoms. The molecule has 2 aliphatic rings. The highest BCUT2D eigenvalue weighted by atomic mass is 16.7. The van der Waals surface area contributed by atoms with Crippen molar-refractivity contribution in [2.45, 2.75) is 139 Å². The zero-order valence-electron chi connectivity index (χ0n) is 21.6. The summed E-state index contributed by atoms with van der Waals surface area (Å²) in [7, 11) is 0. The van der Waals surface area contributed by atoms with Crippen molar-refractivity contribution in [3.8, 4) is 0 Å². The quantitative estimate of drug-likeness (QED) is 0.0981. The van der Waals surface area contributed by atoms with Crippen LogP contribution in [-0.2, 0) is 23.7 Å². The van der Waals surface area contributed by atoms with Crippen molar-refractivity contribution in [2.24, 2.45) is 0 Å². The van der Waals surface area contributed by atoms with Crippen molar-refractivity contribution in [3.05, 3.63) is 0 Å². The molecule has 0 amide bonds. The van der Waals surface area contributed by atoms with Crippen molar-refractivity contribution < 1.29 is 59.5 Å². The second-order valence-electron chi connectivity index (χ2n) is 9.96. The third-order valence-corrected chi connectivity index (χ3v) is 6.94. The van der Waals surface area contributed by atoms with Crippen molar-refractivity contribution in [2.75, 3.05) is 13.2 Å². The second-order valence-corrected chi connectivity index (χ2v) is 9.96. The lowest BCUT2D eigenvalue weighted by Gasteiger charge is -2.45. The fraction of sp³-hybridized carbons (Fsp3) is 0.960. The number of aliphatic hydroxyl groups excluding tert-OH is 7. The van der Waals surface area contributed by atoms with Gasteiger partial charge in [-0.05, 0) is 6.42 Å². The highest BCUT2D eigenvalue weighted by Crippen LogP contribution is 2.28. The molecule has 10 atom stereocenters. The van der Waals surface area contributed by atoms with E-state index in [9.17, 15) is 40.5 Å². The molecular formula is C25H46O12. The lowest BCUT2D eigenvalue weighted by atomic mass is 9.97. The molecule has 0 aromatic heterocycles. The van der Waals surface area contributed by atoms with Gasteiger partial charge in [0.15, 0.2) is 12.6 Å². The van der Waals surface area contributed by atoms with Crippen LogP contribution in [0.2, 0.25) is 0 Å². The number of unbranched alkanes of at least 4 members (excludes halogenated alkanes) is 9. The lowest BCUT2D eigenvalue weighted by molar-refractivity contribution is -0.355. The summed E-state index contributed by atoms with van der Waals surface area (Å²) >= 11 is 0. The first-order chi connectivity index (χ1) is 17.7. The Bertz CT molecular complexity index is 635. The maximum atomic E-state index is 12.1. The monoisotopic (exact) mass is 538 g/mol. The van der Waals surface area contributed by atoms with E-state index in [0.717, 1.165) is 19.3 Å². The summed E-state index contributed by atoms with van der Waals surface area (Å²) < 4.78 is 21.2. The van der Waals surface area contributed by atoms with E-state index in [4.69, 9.17) is 18.9 Å². The number of carbonyl (C=O) groups is 1. The number of rotatable bonds is 16. The van der Waals surface area contributed by atoms with Gasteiger partial charge in [0.2, 0.25) is 0 Å². The topological polar surface area (TPSA) is 196 Å². The molecule has 0 radical (unpaired) electrons. The number of carbonyl (C=O) groups excluding carboxylic acids is 1. The van der Waals surface area contributed by atoms with Gasteiger partial charge in [-0.15, -0.1) is 0 Å². The third-order valence-electron chi connectivity index (χ3n) is 6.94. The van der Waals surface area contributed by atoms with Gasteiger partial charge in [-0.2, -0.15) is 0 Å². The number of hydrogen-bond donors (Lipinski definition) is 7. The van der Waals surface area contributed by atoms with E-state index in [1.165, 1.54) is 38.5 Å². The Morgan fingerprint density at radius 3 is 1.89 bits per heavy atom. The number of aliphatic hydroxyl groups is 7. The Hall–Kier alpha value is -0.930. The summed E-state index contributed by atoms with van der Waals surface area (Å²) in [6, 6.07) is 0. The fourth-order valence-electron chi connectivity index (χ4n) is 4.56. The summed E-state index contributed by atoms with van der Waals surface area (Å²) in [6.07, 6.45) is -4.39. The van der Waals surface area contributed by atoms with Gasteiger partial charge in [0.1, 0.15) is 55.4 Å². The van der Waals surface area contributed by atoms with Crippen LogP contribution in [-0.4, -0.2) is 116 Å². The van der Waals surface area contributed by atoms with Crippen LogP contribution in [0.25, 0.3) is 0 Å². The van der Waals surface area contributed by atoms with Gasteiger partial charge in [-0.25, -0.2) is 0 Å². The van der Waals surface area contributed by atoms with Crippen molar-refractivity contribution in [1.82, 2.24) is 0 Å². The average molecular weight is 539 g/mol. The van der Waals surface area contributed by atoms with Gasteiger partial charge in [0.05, 0.1) is 6.61 Å². The molecular weight excluding hydrogens is 492 g/mol. The Morgan fingerprint density at radius 2 is 1.30 bits per heavy atom. The first-order valence-electron chi connectivity index (χ1n) is 13.5. The van der Waals surface area contributed by atoms with Crippen LogP contribution < -0.4 is 0 Å². The summed E-state index contributed by atoms with van der Waals surface area (Å²) in [5, 5.41) is 70.0. The van der Waals surface area contributed by atoms with Crippen molar-refractivity contribution in [1.29, 1.82) is 0 Å². The molecule has 7 N–H and O–H groups in total. The Kier molecular flexibility index (Phi) is 14.8. The van der Waals surface area contributed by atoms with Crippen LogP contribution in [0.4, 0.5) is 0 Å². The first-order valence-corrected chi connectivity index (χ1v) is 13.5. The van der Waals surface area contributed by atoms with Crippen LogP contribution in [0.3, 0.4) is 0 Å². The molecule has 2 saturated heterocycles. The summed E-state index contributed by atoms with van der Waals surface area (Å²) in [6.45, 7) is 1.09. The molecule has 0 aromatic rings. The van der Waals surface area contributed by atoms with Crippen LogP contribution in [0.5, 0.6) is 0 Å². The average Bonchev–Trinajstić information content (AvgIpc) is 2.89. The summed E-state index contributed by atoms with van der Waals surface area (Å²) in [4.78, 5) is 12.1. The van der Waals surface area contributed by atoms with Gasteiger partial charge < -0.3 is 54.7 Å². The van der Waals surface area contributed by atoms with Crippen molar-refractivity contribution >= 4 is 5.97 Å². The molecule has 0 saturated carbocycles. The number of ether oxygens (including phenoxy) is 4. The normalized spacial score (nSPS) is 36.4. The first kappa shape index (κ1) is 32.3. The minimum absolute atomic E-state index is 0.203. The Labute approximate surface area is 218 Å². The van der Waals surface area contributed by atoms with Crippen LogP contribution in [0, 0.1) is 0 Å². The molecule has 2 rings (SSSR count). The predicted octanol–water partition coefficient (Wildman–Crippen LogP) is -0.535. The smallest absolute Gasteiger partial charge is 0.305 e. The standard InChI is InChI=1S/C25H46O12/c1-2-3-4-5-6-7-8-9-10-11-12-17(27)34-14-16-18(28)19(29)22(32)25(36-16)37-23-15(13-26)35-24(33)21(31)20(23)30/h15-16,18-26,28-33H,2-14H2,1H3/t15-,16-,18-,19+,20-,21-,22-,23-,24+,25-/m1/s1. The highest BCUT2D eigenvalue weighted by molar-refractivity contribution is 5.69. The van der Waals surface area contributed by atoms with Crippen LogP contribution >= 0.6 is 0 Å². The lowest BCUT2D eigenvalue weighted by Crippen LogP contribution is -2.64. The zero-order chi connectivity index (χ0) is 27.4. The largest absolute Gasteiger partial charge is 0.463 e. The van der Waals surface area contributed by atoms with E-state index in [2.05, 4.69) is 6.92 Å². The minimum atomic E-state index is -1.76. The molecule has 12 heteroatoms. The molecule has 0 aromatic carbocycles. The maximum absolute atomic E-state index is 12.1. The molecule has 2 heterocycles. The second kappa shape index (κ2) is 16.9. The van der Waals surface area contributed by atoms with Gasteiger partial charge in [-0.3, -0.25) is 4.79 Å². The number of hydrogen-bond acceptors (Lipinski definition) is 12. The molecule has 0 aliphatic carbocycles. The van der Waals surface area contributed by atoms with E-state index in [1.807, 2.05) is 0 Å². The summed E-state index contributed by atoms with van der Waals surface area (Å²) in [5.41, 5.74) is 0. The summed E-state index contributed by atoms with van der Waals surface area (Å²) in [5.74, 6) is -0.484. The zero-order valence-corrected chi connectivity index (χ0v) is 21.6. The van der Waals surface area contributed by atoms with Crippen molar-refractivity contribution in [3.63, 3.8) is 0 Å². The van der Waals surface area contributed by atoms with E-state index in [-0.39, 0.29) is 6.42 Å². The van der Waals surface area contributed by atoms with Gasteiger partial charge in [-0.1, -0.05) is 64.7 Å². The van der Waals surface area contributed by atoms with Crippen LogP contribution in [0.15, 0.2) is 0 Å². The Morgan fingerprint density at radius 1 is 0.703 bits per heavy atom. The third kappa shape index (κ3) is 9.95. The van der Waals surface area contributed by atoms with E-state index in [0.29, 0.717) is 6.42 Å².